The Kier molecular flexibility index (Phi) is 9.08. The topological polar surface area (TPSA) is 58.6 Å². The molecule has 186 valence electrons. The van der Waals surface area contributed by atoms with Gasteiger partial charge in [0.25, 0.3) is 5.91 Å². The molecule has 0 saturated carbocycles. The highest BCUT2D eigenvalue weighted by Gasteiger charge is 2.32. The van der Waals surface area contributed by atoms with Crippen LogP contribution in [0.4, 0.5) is 0 Å². The molecule has 1 atom stereocenters. The van der Waals surface area contributed by atoms with Gasteiger partial charge >= 0.3 is 0 Å². The van der Waals surface area contributed by atoms with E-state index in [1.54, 1.807) is 18.2 Å². The van der Waals surface area contributed by atoms with Crippen LogP contribution in [0.25, 0.3) is 10.8 Å². The van der Waals surface area contributed by atoms with E-state index in [-0.39, 0.29) is 25.0 Å². The Morgan fingerprint density at radius 2 is 1.69 bits per heavy atom. The fourth-order valence-electron chi connectivity index (χ4n) is 3.77. The molecular weight excluding hydrogens is 551 g/mol. The normalized spacial score (nSPS) is 12.3. The van der Waals surface area contributed by atoms with Crippen molar-refractivity contribution >= 4 is 61.7 Å². The Morgan fingerprint density at radius 3 is 2.31 bits per heavy atom. The van der Waals surface area contributed by atoms with Gasteiger partial charge in [-0.15, -0.1) is 0 Å². The molecule has 5 nitrogen and oxygen atoms in total. The molecule has 0 unspecified atom stereocenters. The fourth-order valence-corrected chi connectivity index (χ4v) is 4.90. The molecule has 35 heavy (non-hydrogen) atoms. The van der Waals surface area contributed by atoms with E-state index in [1.165, 1.54) is 4.90 Å². The molecule has 0 radical (unpaired) electrons. The summed E-state index contributed by atoms with van der Waals surface area (Å²) in [4.78, 5) is 28.1. The van der Waals surface area contributed by atoms with Crippen LogP contribution < -0.4 is 10.1 Å². The first-order valence-corrected chi connectivity index (χ1v) is 12.9. The predicted octanol–water partition coefficient (Wildman–Crippen LogP) is 7.01. The lowest BCUT2D eigenvalue weighted by Crippen LogP contribution is -2.54. The zero-order chi connectivity index (χ0) is 25.8. The molecule has 0 fully saturated rings. The third kappa shape index (κ3) is 6.90. The van der Waals surface area contributed by atoms with Crippen LogP contribution in [0.5, 0.6) is 5.75 Å². The maximum absolute atomic E-state index is 13.5. The van der Waals surface area contributed by atoms with Gasteiger partial charge in [-0.2, -0.15) is 0 Å². The summed E-state index contributed by atoms with van der Waals surface area (Å²) in [6, 6.07) is 16.1. The quantitative estimate of drug-likeness (QED) is 0.312. The molecule has 8 heteroatoms. The van der Waals surface area contributed by atoms with Gasteiger partial charge in [0.2, 0.25) is 5.91 Å². The Morgan fingerprint density at radius 1 is 1.03 bits per heavy atom. The predicted molar refractivity (Wildman–Crippen MR) is 146 cm³/mol. The molecule has 0 aromatic heterocycles. The number of nitrogens with zero attached hydrogens (tertiary/aromatic N) is 1. The second-order valence-corrected chi connectivity index (χ2v) is 10.9. The number of hydrogen-bond acceptors (Lipinski definition) is 3. The summed E-state index contributed by atoms with van der Waals surface area (Å²) in [6.45, 7) is 7.38. The van der Waals surface area contributed by atoms with Crippen molar-refractivity contribution in [3.8, 4) is 5.75 Å². The van der Waals surface area contributed by atoms with Crippen LogP contribution in [0.3, 0.4) is 0 Å². The van der Waals surface area contributed by atoms with Gasteiger partial charge in [0.1, 0.15) is 11.8 Å². The minimum Gasteiger partial charge on any atom is -0.483 e. The molecule has 0 spiro atoms. The summed E-state index contributed by atoms with van der Waals surface area (Å²) >= 11 is 16.4. The van der Waals surface area contributed by atoms with Crippen molar-refractivity contribution in [1.82, 2.24) is 10.2 Å². The second-order valence-electron chi connectivity index (χ2n) is 9.27. The van der Waals surface area contributed by atoms with E-state index in [4.69, 9.17) is 27.9 Å². The van der Waals surface area contributed by atoms with Gasteiger partial charge in [0, 0.05) is 27.7 Å². The SMILES string of the molecule is CC[C@@H](C(=O)NC(C)(C)C)N(Cc1c(Cl)cccc1Cl)C(=O)COc1ccc2ccccc2c1Br. The summed E-state index contributed by atoms with van der Waals surface area (Å²) in [5.41, 5.74) is 0.131. The van der Waals surface area contributed by atoms with Crippen LogP contribution in [-0.4, -0.2) is 34.9 Å². The minimum atomic E-state index is -0.724. The van der Waals surface area contributed by atoms with E-state index in [9.17, 15) is 9.59 Å². The Hall–Kier alpha value is -2.28. The van der Waals surface area contributed by atoms with E-state index < -0.39 is 11.6 Å². The number of carbonyl (C=O) groups excluding carboxylic acids is 2. The number of amides is 2. The maximum atomic E-state index is 13.5. The van der Waals surface area contributed by atoms with Gasteiger partial charge in [-0.05, 0) is 72.1 Å². The zero-order valence-electron chi connectivity index (χ0n) is 20.2. The second kappa shape index (κ2) is 11.6. The number of hydrogen-bond donors (Lipinski definition) is 1. The molecule has 2 amide bonds. The number of benzene rings is 3. The molecule has 0 aliphatic carbocycles. The number of fused-ring (bicyclic) bond motifs is 1. The summed E-state index contributed by atoms with van der Waals surface area (Å²) in [6.07, 6.45) is 0.412. The zero-order valence-corrected chi connectivity index (χ0v) is 23.3. The lowest BCUT2D eigenvalue weighted by Gasteiger charge is -2.33. The maximum Gasteiger partial charge on any atom is 0.261 e. The number of ether oxygens (including phenoxy) is 1. The smallest absolute Gasteiger partial charge is 0.261 e. The molecule has 0 aliphatic rings. The van der Waals surface area contributed by atoms with Gasteiger partial charge in [-0.3, -0.25) is 9.59 Å². The lowest BCUT2D eigenvalue weighted by molar-refractivity contribution is -0.143. The third-order valence-corrected chi connectivity index (χ3v) is 6.98. The first-order valence-electron chi connectivity index (χ1n) is 11.4. The highest BCUT2D eigenvalue weighted by Crippen LogP contribution is 2.33. The Bertz CT molecular complexity index is 1210. The number of nitrogens with one attached hydrogen (secondary N) is 1. The minimum absolute atomic E-state index is 0.0790. The van der Waals surface area contributed by atoms with Gasteiger partial charge < -0.3 is 15.0 Å². The number of carbonyl (C=O) groups is 2. The van der Waals surface area contributed by atoms with E-state index in [1.807, 2.05) is 64.1 Å². The average molecular weight is 580 g/mol. The number of halogens is 3. The van der Waals surface area contributed by atoms with Crippen molar-refractivity contribution in [1.29, 1.82) is 0 Å². The summed E-state index contributed by atoms with van der Waals surface area (Å²) < 4.78 is 6.69. The molecule has 0 bridgehead atoms. The van der Waals surface area contributed by atoms with Crippen molar-refractivity contribution in [2.24, 2.45) is 0 Å². The van der Waals surface area contributed by atoms with E-state index >= 15 is 0 Å². The molecule has 3 aromatic carbocycles. The average Bonchev–Trinajstić information content (AvgIpc) is 2.79. The van der Waals surface area contributed by atoms with Crippen molar-refractivity contribution in [2.45, 2.75) is 52.2 Å². The van der Waals surface area contributed by atoms with Crippen molar-refractivity contribution in [2.75, 3.05) is 6.61 Å². The highest BCUT2D eigenvalue weighted by molar-refractivity contribution is 9.10. The highest BCUT2D eigenvalue weighted by atomic mass is 79.9. The Labute approximate surface area is 224 Å². The van der Waals surface area contributed by atoms with Crippen LogP contribution >= 0.6 is 39.1 Å². The first kappa shape index (κ1) is 27.3. The molecule has 0 aliphatic heterocycles. The van der Waals surface area contributed by atoms with Gasteiger partial charge in [0.05, 0.1) is 4.47 Å². The molecule has 0 saturated heterocycles. The van der Waals surface area contributed by atoms with Crippen LogP contribution in [0.2, 0.25) is 10.0 Å². The van der Waals surface area contributed by atoms with Crippen molar-refractivity contribution < 1.29 is 14.3 Å². The van der Waals surface area contributed by atoms with Crippen LogP contribution in [-0.2, 0) is 16.1 Å². The summed E-state index contributed by atoms with van der Waals surface area (Å²) in [5, 5.41) is 5.87. The van der Waals surface area contributed by atoms with Crippen LogP contribution in [0.15, 0.2) is 59.1 Å². The molecule has 3 aromatic rings. The van der Waals surface area contributed by atoms with Crippen LogP contribution in [0, 0.1) is 0 Å². The van der Waals surface area contributed by atoms with Gasteiger partial charge in [-0.1, -0.05) is 66.5 Å². The molecule has 1 N–H and O–H groups in total. The monoisotopic (exact) mass is 578 g/mol. The van der Waals surface area contributed by atoms with Gasteiger partial charge in [-0.25, -0.2) is 0 Å². The van der Waals surface area contributed by atoms with E-state index in [2.05, 4.69) is 21.2 Å². The standard InChI is InChI=1S/C27H29BrCl2N2O3/c1-5-22(26(34)31-27(2,3)4)32(15-19-20(29)11-8-12-21(19)30)24(33)16-35-23-14-13-17-9-6-7-10-18(17)25(23)28/h6-14,22H,5,15-16H2,1-4H3,(H,31,34)/t22-/m0/s1. The first-order chi connectivity index (χ1) is 16.5. The fraction of sp³-hybridized carbons (Fsp3) is 0.333. The van der Waals surface area contributed by atoms with Gasteiger partial charge in [0.15, 0.2) is 6.61 Å². The largest absolute Gasteiger partial charge is 0.483 e. The van der Waals surface area contributed by atoms with E-state index in [0.29, 0.717) is 27.8 Å². The molecule has 3 rings (SSSR count). The lowest BCUT2D eigenvalue weighted by atomic mass is 10.1. The van der Waals surface area contributed by atoms with Crippen LogP contribution in [0.1, 0.15) is 39.7 Å². The van der Waals surface area contributed by atoms with E-state index in [0.717, 1.165) is 15.2 Å². The molecular formula is C27H29BrCl2N2O3. The molecule has 0 heterocycles. The van der Waals surface area contributed by atoms with Crippen molar-refractivity contribution in [3.05, 3.63) is 74.7 Å². The third-order valence-electron chi connectivity index (χ3n) is 5.45. The Balaban J connectivity index is 1.89. The summed E-state index contributed by atoms with van der Waals surface area (Å²) in [7, 11) is 0. The van der Waals surface area contributed by atoms with Crippen molar-refractivity contribution in [3.63, 3.8) is 0 Å². The number of rotatable bonds is 8. The summed E-state index contributed by atoms with van der Waals surface area (Å²) in [5.74, 6) is -0.0552.